The van der Waals surface area contributed by atoms with E-state index in [1.807, 2.05) is 0 Å². The number of unbranched alkanes of at least 4 members (excludes halogenated alkanes) is 18. The first-order valence-electron chi connectivity index (χ1n) is 14.1. The smallest absolute Gasteiger partial charge is 0.306 e. The number of esters is 1. The molecule has 0 spiro atoms. The predicted octanol–water partition coefficient (Wildman–Crippen LogP) is 10.2. The van der Waals surface area contributed by atoms with Crippen LogP contribution in [0.15, 0.2) is 0 Å². The van der Waals surface area contributed by atoms with E-state index in [0.717, 1.165) is 0 Å². The average Bonchev–Trinajstić information content (AvgIpc) is 2.76. The summed E-state index contributed by atoms with van der Waals surface area (Å²) in [6.45, 7) is 6.89. The van der Waals surface area contributed by atoms with Crippen LogP contribution in [0.2, 0.25) is 0 Å². The van der Waals surface area contributed by atoms with Gasteiger partial charge >= 0.3 is 5.97 Å². The number of rotatable bonds is 24. The van der Waals surface area contributed by atoms with E-state index in [-0.39, 0.29) is 11.4 Å². The third-order valence-corrected chi connectivity index (χ3v) is 7.07. The number of hydrogen-bond acceptors (Lipinski definition) is 2. The Balaban J connectivity index is 3.88. The minimum atomic E-state index is -0.0262. The topological polar surface area (TPSA) is 26.3 Å². The molecule has 0 radical (unpaired) electrons. The summed E-state index contributed by atoms with van der Waals surface area (Å²) in [5.41, 5.74) is 0.132. The molecule has 0 saturated carbocycles. The number of carbonyl (C=O) groups is 1. The first-order valence-corrected chi connectivity index (χ1v) is 14.1. The molecule has 31 heavy (non-hydrogen) atoms. The van der Waals surface area contributed by atoms with E-state index in [1.54, 1.807) is 0 Å². The lowest BCUT2D eigenvalue weighted by Gasteiger charge is -2.28. The van der Waals surface area contributed by atoms with Crippen LogP contribution in [-0.2, 0) is 9.53 Å². The monoisotopic (exact) mass is 438 g/mol. The SMILES string of the molecule is CCCCCCCCCCCCC(C)(CCCCCCCCCCCC)CC(=O)OC. The molecule has 186 valence electrons. The second kappa shape index (κ2) is 22.7. The van der Waals surface area contributed by atoms with Crippen molar-refractivity contribution in [1.82, 2.24) is 0 Å². The van der Waals surface area contributed by atoms with Crippen molar-refractivity contribution in [2.75, 3.05) is 7.11 Å². The molecule has 0 fully saturated rings. The predicted molar refractivity (Wildman–Crippen MR) is 138 cm³/mol. The van der Waals surface area contributed by atoms with Crippen LogP contribution in [0.5, 0.6) is 0 Å². The molecule has 0 bridgehead atoms. The zero-order valence-corrected chi connectivity index (χ0v) is 22.1. The maximum absolute atomic E-state index is 12.0. The first kappa shape index (κ1) is 30.5. The van der Waals surface area contributed by atoms with E-state index in [0.29, 0.717) is 6.42 Å². The molecular formula is C29H58O2. The molecule has 0 heterocycles. The fourth-order valence-corrected chi connectivity index (χ4v) is 4.80. The molecule has 0 aromatic carbocycles. The van der Waals surface area contributed by atoms with Crippen LogP contribution in [0.3, 0.4) is 0 Å². The maximum Gasteiger partial charge on any atom is 0.306 e. The second-order valence-corrected chi connectivity index (χ2v) is 10.4. The van der Waals surface area contributed by atoms with Crippen molar-refractivity contribution in [3.05, 3.63) is 0 Å². The molecule has 0 saturated heterocycles. The van der Waals surface area contributed by atoms with E-state index in [1.165, 1.54) is 148 Å². The Kier molecular flexibility index (Phi) is 22.3. The average molecular weight is 439 g/mol. The summed E-state index contributed by atoms with van der Waals surface area (Å²) in [6.07, 6.45) is 30.4. The van der Waals surface area contributed by atoms with Crippen LogP contribution in [-0.4, -0.2) is 13.1 Å². The summed E-state index contributed by atoms with van der Waals surface area (Å²) in [5.74, 6) is -0.0262. The quantitative estimate of drug-likeness (QED) is 0.111. The number of methoxy groups -OCH3 is 1. The Morgan fingerprint density at radius 2 is 0.839 bits per heavy atom. The van der Waals surface area contributed by atoms with Gasteiger partial charge in [0.1, 0.15) is 0 Å². The van der Waals surface area contributed by atoms with E-state index in [9.17, 15) is 4.79 Å². The molecule has 0 amide bonds. The van der Waals surface area contributed by atoms with Gasteiger partial charge in [0.05, 0.1) is 13.5 Å². The zero-order chi connectivity index (χ0) is 23.0. The largest absolute Gasteiger partial charge is 0.469 e. The van der Waals surface area contributed by atoms with Crippen molar-refractivity contribution in [3.8, 4) is 0 Å². The van der Waals surface area contributed by atoms with Gasteiger partial charge in [0.25, 0.3) is 0 Å². The zero-order valence-electron chi connectivity index (χ0n) is 22.1. The molecule has 0 atom stereocenters. The van der Waals surface area contributed by atoms with Gasteiger partial charge < -0.3 is 4.74 Å². The summed E-state index contributed by atoms with van der Waals surface area (Å²) in [4.78, 5) is 12.0. The highest BCUT2D eigenvalue weighted by atomic mass is 16.5. The Hall–Kier alpha value is -0.530. The molecule has 0 aromatic heterocycles. The highest BCUT2D eigenvalue weighted by molar-refractivity contribution is 5.70. The van der Waals surface area contributed by atoms with Crippen molar-refractivity contribution in [2.24, 2.45) is 5.41 Å². The molecule has 0 rings (SSSR count). The van der Waals surface area contributed by atoms with Crippen LogP contribution in [0.25, 0.3) is 0 Å². The minimum absolute atomic E-state index is 0.0262. The summed E-state index contributed by atoms with van der Waals surface area (Å²) < 4.78 is 5.01. The fraction of sp³-hybridized carbons (Fsp3) is 0.966. The van der Waals surface area contributed by atoms with E-state index < -0.39 is 0 Å². The number of carbonyl (C=O) groups excluding carboxylic acids is 1. The molecule has 0 aliphatic carbocycles. The molecular weight excluding hydrogens is 380 g/mol. The lowest BCUT2D eigenvalue weighted by Crippen LogP contribution is -2.22. The molecule has 2 nitrogen and oxygen atoms in total. The van der Waals surface area contributed by atoms with Gasteiger partial charge in [0.15, 0.2) is 0 Å². The van der Waals surface area contributed by atoms with Crippen LogP contribution < -0.4 is 0 Å². The van der Waals surface area contributed by atoms with E-state index in [4.69, 9.17) is 4.74 Å². The highest BCUT2D eigenvalue weighted by Gasteiger charge is 2.27. The Morgan fingerprint density at radius 3 is 1.13 bits per heavy atom. The lowest BCUT2D eigenvalue weighted by atomic mass is 9.77. The number of ether oxygens (including phenoxy) is 1. The molecule has 0 N–H and O–H groups in total. The first-order chi connectivity index (χ1) is 15.1. The van der Waals surface area contributed by atoms with Gasteiger partial charge in [0, 0.05) is 0 Å². The Bertz CT molecular complexity index is 353. The summed E-state index contributed by atoms with van der Waals surface area (Å²) in [5, 5.41) is 0. The molecule has 0 aliphatic rings. The van der Waals surface area contributed by atoms with Gasteiger partial charge in [-0.3, -0.25) is 4.79 Å². The van der Waals surface area contributed by atoms with Gasteiger partial charge in [0.2, 0.25) is 0 Å². The minimum Gasteiger partial charge on any atom is -0.469 e. The van der Waals surface area contributed by atoms with E-state index >= 15 is 0 Å². The molecule has 0 aromatic rings. The number of hydrogen-bond donors (Lipinski definition) is 0. The van der Waals surface area contributed by atoms with Crippen molar-refractivity contribution < 1.29 is 9.53 Å². The highest BCUT2D eigenvalue weighted by Crippen LogP contribution is 2.35. The standard InChI is InChI=1S/C29H58O2/c1-5-7-9-11-13-15-17-19-21-23-25-29(3,27-28(30)31-4)26-24-22-20-18-16-14-12-10-8-6-2/h5-27H2,1-4H3. The summed E-state index contributed by atoms with van der Waals surface area (Å²) in [7, 11) is 1.53. The second-order valence-electron chi connectivity index (χ2n) is 10.4. The van der Waals surface area contributed by atoms with Crippen molar-refractivity contribution in [3.63, 3.8) is 0 Å². The van der Waals surface area contributed by atoms with Crippen molar-refractivity contribution in [2.45, 2.75) is 168 Å². The van der Waals surface area contributed by atoms with Crippen molar-refractivity contribution >= 4 is 5.97 Å². The van der Waals surface area contributed by atoms with Crippen LogP contribution >= 0.6 is 0 Å². The van der Waals surface area contributed by atoms with Crippen LogP contribution in [0.4, 0.5) is 0 Å². The van der Waals surface area contributed by atoms with Gasteiger partial charge in [-0.15, -0.1) is 0 Å². The maximum atomic E-state index is 12.0. The van der Waals surface area contributed by atoms with E-state index in [2.05, 4.69) is 20.8 Å². The summed E-state index contributed by atoms with van der Waals surface area (Å²) >= 11 is 0. The van der Waals surface area contributed by atoms with Gasteiger partial charge in [-0.05, 0) is 18.3 Å². The summed E-state index contributed by atoms with van der Waals surface area (Å²) in [6, 6.07) is 0. The normalized spacial score (nSPS) is 11.7. The lowest BCUT2D eigenvalue weighted by molar-refractivity contribution is -0.143. The van der Waals surface area contributed by atoms with Gasteiger partial charge in [-0.25, -0.2) is 0 Å². The van der Waals surface area contributed by atoms with Gasteiger partial charge in [-0.2, -0.15) is 0 Å². The molecule has 2 heteroatoms. The third kappa shape index (κ3) is 21.1. The molecule has 0 unspecified atom stereocenters. The Morgan fingerprint density at radius 1 is 0.548 bits per heavy atom. The van der Waals surface area contributed by atoms with Crippen LogP contribution in [0, 0.1) is 5.41 Å². The van der Waals surface area contributed by atoms with Crippen LogP contribution in [0.1, 0.15) is 168 Å². The fourth-order valence-electron chi connectivity index (χ4n) is 4.80. The Labute approximate surface area is 196 Å². The van der Waals surface area contributed by atoms with Crippen molar-refractivity contribution in [1.29, 1.82) is 0 Å². The van der Waals surface area contributed by atoms with Gasteiger partial charge in [-0.1, -0.05) is 149 Å². The molecule has 0 aliphatic heterocycles. The third-order valence-electron chi connectivity index (χ3n) is 7.07.